The van der Waals surface area contributed by atoms with E-state index in [1.807, 2.05) is 60.5 Å². The van der Waals surface area contributed by atoms with Gasteiger partial charge >= 0.3 is 0 Å². The lowest BCUT2D eigenvalue weighted by atomic mass is 10.2. The maximum Gasteiger partial charge on any atom is 0.161 e. The van der Waals surface area contributed by atoms with Crippen LogP contribution in [0, 0.1) is 0 Å². The smallest absolute Gasteiger partial charge is 0.161 e. The predicted octanol–water partition coefficient (Wildman–Crippen LogP) is 2.53. The van der Waals surface area contributed by atoms with Gasteiger partial charge in [-0.15, -0.1) is 0 Å². The molecule has 5 nitrogen and oxygen atoms in total. The molecule has 2 heterocycles. The fourth-order valence-electron chi connectivity index (χ4n) is 2.13. The van der Waals surface area contributed by atoms with E-state index < -0.39 is 0 Å². The molecule has 3 rings (SSSR count). The Hall–Kier alpha value is -2.69. The minimum absolute atomic E-state index is 0.737. The summed E-state index contributed by atoms with van der Waals surface area (Å²) in [5.74, 6) is 1.58. The first-order valence-corrected chi connectivity index (χ1v) is 6.90. The van der Waals surface area contributed by atoms with Crippen molar-refractivity contribution in [2.75, 3.05) is 11.9 Å². The van der Waals surface area contributed by atoms with Gasteiger partial charge in [0.2, 0.25) is 0 Å². The van der Waals surface area contributed by atoms with Crippen molar-refractivity contribution < 1.29 is 0 Å². The third-order valence-electron chi connectivity index (χ3n) is 3.29. The van der Waals surface area contributed by atoms with Crippen molar-refractivity contribution in [3.8, 4) is 11.4 Å². The maximum atomic E-state index is 4.54. The molecule has 0 radical (unpaired) electrons. The van der Waals surface area contributed by atoms with Crippen LogP contribution in [0.4, 0.5) is 5.82 Å². The molecule has 0 aliphatic heterocycles. The minimum atomic E-state index is 0.737. The Morgan fingerprint density at radius 2 is 2.00 bits per heavy atom. The molecule has 0 aliphatic carbocycles. The first-order valence-electron chi connectivity index (χ1n) is 6.90. The Labute approximate surface area is 123 Å². The van der Waals surface area contributed by atoms with Crippen LogP contribution in [0.3, 0.4) is 0 Å². The number of anilines is 1. The topological polar surface area (TPSA) is 55.6 Å². The number of hydrogen-bond donors (Lipinski definition) is 1. The zero-order chi connectivity index (χ0) is 14.5. The molecule has 0 fully saturated rings. The van der Waals surface area contributed by atoms with Gasteiger partial charge in [-0.3, -0.25) is 0 Å². The van der Waals surface area contributed by atoms with Crippen molar-refractivity contribution in [1.82, 2.24) is 19.5 Å². The van der Waals surface area contributed by atoms with Gasteiger partial charge in [-0.25, -0.2) is 15.0 Å². The fraction of sp³-hybridized carbons (Fsp3) is 0.188. The van der Waals surface area contributed by atoms with Crippen LogP contribution in [0.25, 0.3) is 11.4 Å². The van der Waals surface area contributed by atoms with E-state index in [-0.39, 0.29) is 0 Å². The number of nitrogens with one attached hydrogen (secondary N) is 1. The van der Waals surface area contributed by atoms with E-state index in [9.17, 15) is 0 Å². The highest BCUT2D eigenvalue weighted by atomic mass is 15.0. The molecule has 0 saturated heterocycles. The Kier molecular flexibility index (Phi) is 3.91. The predicted molar refractivity (Wildman–Crippen MR) is 82.9 cm³/mol. The van der Waals surface area contributed by atoms with Gasteiger partial charge in [0.15, 0.2) is 5.82 Å². The summed E-state index contributed by atoms with van der Waals surface area (Å²) in [5.41, 5.74) is 2.22. The average Bonchev–Trinajstić information content (AvgIpc) is 2.94. The molecule has 0 amide bonds. The Morgan fingerprint density at radius 3 is 2.76 bits per heavy atom. The number of aryl methyl sites for hydroxylation is 1. The summed E-state index contributed by atoms with van der Waals surface area (Å²) >= 11 is 0. The van der Waals surface area contributed by atoms with E-state index in [0.29, 0.717) is 0 Å². The van der Waals surface area contributed by atoms with Crippen LogP contribution in [-0.4, -0.2) is 26.1 Å². The highest BCUT2D eigenvalue weighted by Crippen LogP contribution is 2.15. The summed E-state index contributed by atoms with van der Waals surface area (Å²) in [6.07, 6.45) is 6.38. The zero-order valence-corrected chi connectivity index (χ0v) is 11.9. The summed E-state index contributed by atoms with van der Waals surface area (Å²) in [6.45, 7) is 0.810. The molecule has 21 heavy (non-hydrogen) atoms. The molecular weight excluding hydrogens is 262 g/mol. The third-order valence-corrected chi connectivity index (χ3v) is 3.29. The molecule has 0 spiro atoms. The first kappa shape index (κ1) is 13.3. The maximum absolute atomic E-state index is 4.54. The van der Waals surface area contributed by atoms with Crippen LogP contribution in [0.2, 0.25) is 0 Å². The molecule has 1 N–H and O–H groups in total. The van der Waals surface area contributed by atoms with Gasteiger partial charge < -0.3 is 9.88 Å². The fourth-order valence-corrected chi connectivity index (χ4v) is 2.13. The van der Waals surface area contributed by atoms with Crippen LogP contribution in [0.1, 0.15) is 5.69 Å². The number of imidazole rings is 1. The molecule has 1 aromatic carbocycles. The Bertz CT molecular complexity index is 705. The van der Waals surface area contributed by atoms with Gasteiger partial charge in [-0.1, -0.05) is 30.3 Å². The highest BCUT2D eigenvalue weighted by Gasteiger charge is 2.02. The molecule has 0 bridgehead atoms. The van der Waals surface area contributed by atoms with Gasteiger partial charge in [-0.05, 0) is 6.07 Å². The normalized spacial score (nSPS) is 10.5. The van der Waals surface area contributed by atoms with Crippen molar-refractivity contribution in [2.24, 2.45) is 7.05 Å². The minimum Gasteiger partial charge on any atom is -0.370 e. The monoisotopic (exact) mass is 279 g/mol. The standard InChI is InChI=1S/C16H17N5/c1-21-12-17-11-14(21)7-9-18-15-8-10-19-16(20-15)13-5-3-2-4-6-13/h2-6,8,10-12H,7,9H2,1H3,(H,18,19,20). The van der Waals surface area contributed by atoms with Crippen molar-refractivity contribution in [1.29, 1.82) is 0 Å². The SMILES string of the molecule is Cn1cncc1CCNc1ccnc(-c2ccccc2)n1. The first-order chi connectivity index (χ1) is 10.3. The second-order valence-electron chi connectivity index (χ2n) is 4.80. The number of aromatic nitrogens is 4. The van der Waals surface area contributed by atoms with Crippen molar-refractivity contribution in [2.45, 2.75) is 6.42 Å². The second-order valence-corrected chi connectivity index (χ2v) is 4.80. The van der Waals surface area contributed by atoms with E-state index in [0.717, 1.165) is 30.2 Å². The molecular formula is C16H17N5. The van der Waals surface area contributed by atoms with Crippen LogP contribution in [-0.2, 0) is 13.5 Å². The largest absolute Gasteiger partial charge is 0.370 e. The van der Waals surface area contributed by atoms with E-state index in [1.54, 1.807) is 6.20 Å². The molecule has 0 aliphatic rings. The summed E-state index contributed by atoms with van der Waals surface area (Å²) in [4.78, 5) is 13.0. The van der Waals surface area contributed by atoms with E-state index in [1.165, 1.54) is 5.69 Å². The number of benzene rings is 1. The molecule has 5 heteroatoms. The summed E-state index contributed by atoms with van der Waals surface area (Å²) in [6, 6.07) is 11.9. The van der Waals surface area contributed by atoms with Crippen LogP contribution in [0.15, 0.2) is 55.1 Å². The average molecular weight is 279 g/mol. The third kappa shape index (κ3) is 3.25. The quantitative estimate of drug-likeness (QED) is 0.779. The van der Waals surface area contributed by atoms with Crippen LogP contribution < -0.4 is 5.32 Å². The van der Waals surface area contributed by atoms with Crippen molar-refractivity contribution in [3.63, 3.8) is 0 Å². The van der Waals surface area contributed by atoms with E-state index >= 15 is 0 Å². The lowest BCUT2D eigenvalue weighted by molar-refractivity contribution is 0.815. The zero-order valence-electron chi connectivity index (χ0n) is 11.9. The van der Waals surface area contributed by atoms with Gasteiger partial charge in [0, 0.05) is 43.7 Å². The molecule has 0 saturated carbocycles. The van der Waals surface area contributed by atoms with Gasteiger partial charge in [0.05, 0.1) is 6.33 Å². The number of nitrogens with zero attached hydrogens (tertiary/aromatic N) is 4. The van der Waals surface area contributed by atoms with Crippen molar-refractivity contribution in [3.05, 3.63) is 60.8 Å². The Balaban J connectivity index is 1.65. The molecule has 0 unspecified atom stereocenters. The van der Waals surface area contributed by atoms with Crippen LogP contribution >= 0.6 is 0 Å². The lowest BCUT2D eigenvalue weighted by Crippen LogP contribution is -2.09. The summed E-state index contributed by atoms with van der Waals surface area (Å²) < 4.78 is 2.02. The van der Waals surface area contributed by atoms with Gasteiger partial charge in [0.25, 0.3) is 0 Å². The number of hydrogen-bond acceptors (Lipinski definition) is 4. The molecule has 3 aromatic rings. The summed E-state index contributed by atoms with van der Waals surface area (Å²) in [5, 5.41) is 3.33. The summed E-state index contributed by atoms with van der Waals surface area (Å²) in [7, 11) is 2.00. The van der Waals surface area contributed by atoms with Crippen LogP contribution in [0.5, 0.6) is 0 Å². The van der Waals surface area contributed by atoms with E-state index in [2.05, 4.69) is 20.3 Å². The molecule has 0 atom stereocenters. The molecule has 2 aromatic heterocycles. The lowest BCUT2D eigenvalue weighted by Gasteiger charge is -2.07. The Morgan fingerprint density at radius 1 is 1.14 bits per heavy atom. The molecule has 106 valence electrons. The second kappa shape index (κ2) is 6.17. The van der Waals surface area contributed by atoms with Crippen molar-refractivity contribution >= 4 is 5.82 Å². The van der Waals surface area contributed by atoms with Gasteiger partial charge in [-0.2, -0.15) is 0 Å². The van der Waals surface area contributed by atoms with E-state index in [4.69, 9.17) is 0 Å². The van der Waals surface area contributed by atoms with Gasteiger partial charge in [0.1, 0.15) is 5.82 Å². The number of rotatable bonds is 5. The highest BCUT2D eigenvalue weighted by molar-refractivity contribution is 5.56.